The van der Waals surface area contributed by atoms with E-state index in [1.54, 1.807) is 0 Å². The van der Waals surface area contributed by atoms with Crippen molar-refractivity contribution in [1.29, 1.82) is 0 Å². The summed E-state index contributed by atoms with van der Waals surface area (Å²) in [5.74, 6) is -3.07. The Morgan fingerprint density at radius 1 is 1.00 bits per heavy atom. The van der Waals surface area contributed by atoms with E-state index in [9.17, 15) is 26.4 Å². The van der Waals surface area contributed by atoms with Crippen LogP contribution in [0.3, 0.4) is 0 Å². The van der Waals surface area contributed by atoms with Gasteiger partial charge in [0, 0.05) is 5.56 Å². The maximum absolute atomic E-state index is 13.5. The molecule has 0 radical (unpaired) electrons. The first-order chi connectivity index (χ1) is 14.2. The van der Waals surface area contributed by atoms with Crippen molar-refractivity contribution in [2.75, 3.05) is 0 Å². The molecule has 0 aromatic heterocycles. The van der Waals surface area contributed by atoms with Crippen LogP contribution in [0.4, 0.5) is 13.2 Å². The monoisotopic (exact) mass is 458 g/mol. The summed E-state index contributed by atoms with van der Waals surface area (Å²) < 4.78 is 72.8. The van der Waals surface area contributed by atoms with Crippen LogP contribution in [0.15, 0.2) is 50.7 Å². The second-order valence-corrected chi connectivity index (χ2v) is 7.67. The number of ether oxygens (including phenoxy) is 1. The Balaban J connectivity index is 2.47. The molecule has 0 aliphatic rings. The van der Waals surface area contributed by atoms with Crippen molar-refractivity contribution < 1.29 is 31.1 Å². The summed E-state index contributed by atoms with van der Waals surface area (Å²) in [5.41, 5.74) is 18.8. The Kier molecular flexibility index (Phi) is 6.44. The van der Waals surface area contributed by atoms with Gasteiger partial charge in [-0.2, -0.15) is 26.6 Å². The fourth-order valence-electron chi connectivity index (χ4n) is 2.39. The third kappa shape index (κ3) is 5.85. The Morgan fingerprint density at radius 3 is 2.06 bits per heavy atom. The number of nitrogens with zero attached hydrogens (tertiary/aromatic N) is 2. The molecule has 2 aromatic carbocycles. The number of benzene rings is 2. The van der Waals surface area contributed by atoms with E-state index >= 15 is 0 Å². The lowest BCUT2D eigenvalue weighted by molar-refractivity contribution is -0.138. The van der Waals surface area contributed by atoms with Gasteiger partial charge in [0.25, 0.3) is 15.9 Å². The molecule has 0 heterocycles. The lowest BCUT2D eigenvalue weighted by Crippen LogP contribution is -2.24. The molecule has 10 nitrogen and oxygen atoms in total. The van der Waals surface area contributed by atoms with Crippen LogP contribution in [0.1, 0.15) is 21.5 Å². The van der Waals surface area contributed by atoms with Gasteiger partial charge in [-0.15, -0.1) is 4.40 Å². The molecule has 0 aliphatic carbocycles. The number of rotatable bonds is 5. The van der Waals surface area contributed by atoms with Gasteiger partial charge in [0.15, 0.2) is 5.96 Å². The van der Waals surface area contributed by atoms with Crippen molar-refractivity contribution >= 4 is 27.8 Å². The zero-order valence-corrected chi connectivity index (χ0v) is 16.7. The number of sulfonamides is 1. The Labute approximate surface area is 174 Å². The van der Waals surface area contributed by atoms with Crippen molar-refractivity contribution in [2.45, 2.75) is 18.0 Å². The minimum absolute atomic E-state index is 0.114. The summed E-state index contributed by atoms with van der Waals surface area (Å²) in [5, 5.41) is 0. The molecule has 0 aliphatic heterocycles. The van der Waals surface area contributed by atoms with Crippen LogP contribution in [0.2, 0.25) is 0 Å². The highest BCUT2D eigenvalue weighted by molar-refractivity contribution is 7.90. The lowest BCUT2D eigenvalue weighted by atomic mass is 10.0. The van der Waals surface area contributed by atoms with Crippen LogP contribution >= 0.6 is 0 Å². The quantitative estimate of drug-likeness (QED) is 0.379. The predicted molar refractivity (Wildman–Crippen MR) is 106 cm³/mol. The van der Waals surface area contributed by atoms with Gasteiger partial charge >= 0.3 is 6.18 Å². The Bertz CT molecular complexity index is 1170. The number of aryl methyl sites for hydroxylation is 1. The molecule has 8 N–H and O–H groups in total. The van der Waals surface area contributed by atoms with E-state index in [0.717, 1.165) is 30.3 Å². The molecular weight excluding hydrogens is 441 g/mol. The number of hydrogen-bond donors (Lipinski definition) is 4. The molecule has 0 spiro atoms. The van der Waals surface area contributed by atoms with Crippen LogP contribution in [-0.2, 0) is 16.2 Å². The van der Waals surface area contributed by atoms with Crippen LogP contribution in [0, 0.1) is 6.92 Å². The summed E-state index contributed by atoms with van der Waals surface area (Å²) in [6.07, 6.45) is -4.88. The first-order valence-electron chi connectivity index (χ1n) is 8.20. The van der Waals surface area contributed by atoms with Crippen molar-refractivity contribution in [2.24, 2.45) is 32.3 Å². The van der Waals surface area contributed by atoms with Crippen molar-refractivity contribution in [3.8, 4) is 11.5 Å². The molecule has 14 heteroatoms. The van der Waals surface area contributed by atoms with Gasteiger partial charge in [0.1, 0.15) is 11.5 Å². The highest BCUT2D eigenvalue weighted by Crippen LogP contribution is 2.40. The fraction of sp³-hybridized carbons (Fsp3) is 0.118. The molecule has 31 heavy (non-hydrogen) atoms. The van der Waals surface area contributed by atoms with Gasteiger partial charge in [-0.05, 0) is 48.9 Å². The Morgan fingerprint density at radius 2 is 1.58 bits per heavy atom. The molecule has 0 saturated heterocycles. The van der Waals surface area contributed by atoms with Crippen molar-refractivity contribution in [3.63, 3.8) is 0 Å². The number of nitrogens with two attached hydrogens (primary N) is 4. The van der Waals surface area contributed by atoms with Gasteiger partial charge in [0.05, 0.1) is 10.5 Å². The molecule has 0 bridgehead atoms. The molecule has 0 fully saturated rings. The minimum Gasteiger partial charge on any atom is -0.457 e. The first-order valence-corrected chi connectivity index (χ1v) is 9.64. The molecule has 0 atom stereocenters. The van der Waals surface area contributed by atoms with E-state index in [2.05, 4.69) is 9.39 Å². The van der Waals surface area contributed by atoms with Crippen LogP contribution in [0.25, 0.3) is 0 Å². The molecule has 2 rings (SSSR count). The minimum atomic E-state index is -4.88. The number of alkyl halides is 3. The average molecular weight is 458 g/mol. The van der Waals surface area contributed by atoms with Crippen LogP contribution in [0.5, 0.6) is 11.5 Å². The molecule has 166 valence electrons. The summed E-state index contributed by atoms with van der Waals surface area (Å²) in [7, 11) is -4.18. The third-order valence-electron chi connectivity index (χ3n) is 3.67. The summed E-state index contributed by atoms with van der Waals surface area (Å²) >= 11 is 0. The normalized spacial score (nSPS) is 11.5. The predicted octanol–water partition coefficient (Wildman–Crippen LogP) is 1.18. The molecule has 0 saturated carbocycles. The number of halogens is 3. The zero-order chi connectivity index (χ0) is 23.6. The van der Waals surface area contributed by atoms with E-state index < -0.39 is 45.3 Å². The van der Waals surface area contributed by atoms with Crippen molar-refractivity contribution in [3.05, 3.63) is 53.1 Å². The molecular formula is C17H17F3N6O4S. The topological polar surface area (TPSA) is 189 Å². The summed E-state index contributed by atoms with van der Waals surface area (Å²) in [6.45, 7) is 1.37. The van der Waals surface area contributed by atoms with Crippen LogP contribution in [-0.4, -0.2) is 26.2 Å². The smallest absolute Gasteiger partial charge is 0.420 e. The number of hydrogen-bond acceptors (Lipinski definition) is 4. The van der Waals surface area contributed by atoms with Gasteiger partial charge in [-0.1, -0.05) is 0 Å². The summed E-state index contributed by atoms with van der Waals surface area (Å²) in [6, 6.07) is 5.88. The van der Waals surface area contributed by atoms with Gasteiger partial charge in [-0.25, -0.2) is 0 Å². The van der Waals surface area contributed by atoms with E-state index in [4.69, 9.17) is 27.7 Å². The second-order valence-electron chi connectivity index (χ2n) is 6.07. The maximum atomic E-state index is 13.5. The fourth-order valence-corrected chi connectivity index (χ4v) is 3.26. The molecule has 0 unspecified atom stereocenters. The van der Waals surface area contributed by atoms with Crippen LogP contribution < -0.4 is 27.7 Å². The zero-order valence-electron chi connectivity index (χ0n) is 15.8. The third-order valence-corrected chi connectivity index (χ3v) is 4.99. The number of aliphatic imine (C=N–C) groups is 1. The van der Waals surface area contributed by atoms with E-state index in [1.807, 2.05) is 0 Å². The number of carbonyl (C=O) groups excluding carboxylic acids is 1. The lowest BCUT2D eigenvalue weighted by Gasteiger charge is -2.16. The van der Waals surface area contributed by atoms with Gasteiger partial charge < -0.3 is 27.7 Å². The first kappa shape index (κ1) is 23.5. The largest absolute Gasteiger partial charge is 0.457 e. The maximum Gasteiger partial charge on any atom is 0.420 e. The molecule has 1 amide bonds. The highest BCUT2D eigenvalue weighted by atomic mass is 32.2. The SMILES string of the molecule is Cc1cc(Oc2ccc(S(=O)(=O)N=C(N)N)cc2)c(C(F)(F)F)cc1C(=O)N=C(N)N. The standard InChI is InChI=1S/C17H17F3N6O4S/c1-8-6-13(12(17(18,19)20)7-11(8)14(27)25-15(21)22)30-9-2-4-10(5-3-9)31(28,29)26-16(23)24/h2-7H,1H3,(H4,23,24,26)(H4,21,22,25,27). The number of guanidine groups is 2. The van der Waals surface area contributed by atoms with Crippen molar-refractivity contribution in [1.82, 2.24) is 0 Å². The number of amides is 1. The van der Waals surface area contributed by atoms with E-state index in [1.165, 1.54) is 6.92 Å². The van der Waals surface area contributed by atoms with Gasteiger partial charge in [-0.3, -0.25) is 4.79 Å². The molecule has 2 aromatic rings. The number of carbonyl (C=O) groups is 1. The Hall–Kier alpha value is -3.81. The highest BCUT2D eigenvalue weighted by Gasteiger charge is 2.36. The van der Waals surface area contributed by atoms with E-state index in [-0.39, 0.29) is 21.8 Å². The van der Waals surface area contributed by atoms with E-state index in [0.29, 0.717) is 6.07 Å². The summed E-state index contributed by atoms with van der Waals surface area (Å²) in [4.78, 5) is 14.9. The second kappa shape index (κ2) is 8.51. The average Bonchev–Trinajstić information content (AvgIpc) is 2.59. The van der Waals surface area contributed by atoms with Gasteiger partial charge in [0.2, 0.25) is 5.96 Å².